The number of rotatable bonds is 7. The number of halogens is 1. The summed E-state index contributed by atoms with van der Waals surface area (Å²) in [4.78, 5) is 11.8. The van der Waals surface area contributed by atoms with Crippen molar-refractivity contribution in [2.24, 2.45) is 0 Å². The van der Waals surface area contributed by atoms with E-state index >= 15 is 0 Å². The molecule has 1 heterocycles. The summed E-state index contributed by atoms with van der Waals surface area (Å²) in [6.07, 6.45) is 2.36. The molecule has 7 heteroatoms. The van der Waals surface area contributed by atoms with Crippen LogP contribution >= 0.6 is 11.6 Å². The van der Waals surface area contributed by atoms with Crippen LogP contribution in [0.4, 0.5) is 5.69 Å². The van der Waals surface area contributed by atoms with Gasteiger partial charge in [0.1, 0.15) is 5.02 Å². The average molecular weight is 292 g/mol. The van der Waals surface area contributed by atoms with Gasteiger partial charge in [0, 0.05) is 35.4 Å². The zero-order valence-corrected chi connectivity index (χ0v) is 12.2. The number of anilines is 1. The Morgan fingerprint density at radius 1 is 1.50 bits per heavy atom. The number of hydrogen-bond donors (Lipinski definition) is 1. The first-order valence-corrected chi connectivity index (χ1v) is 7.81. The standard InChI is InChI=1S/C11H18ClN3O2S/c1-3-6-15-11(16)10(12)9(8-14-15)13-5-7-18(17)4-2/h8,13H,3-7H2,1-2H3. The summed E-state index contributed by atoms with van der Waals surface area (Å²) in [5, 5.41) is 7.16. The van der Waals surface area contributed by atoms with E-state index in [0.717, 1.165) is 6.42 Å². The summed E-state index contributed by atoms with van der Waals surface area (Å²) in [7, 11) is -0.829. The van der Waals surface area contributed by atoms with E-state index in [1.54, 1.807) is 0 Å². The smallest absolute Gasteiger partial charge is 0.287 e. The minimum absolute atomic E-state index is 0.140. The maximum Gasteiger partial charge on any atom is 0.287 e. The third-order valence-corrected chi connectivity index (χ3v) is 4.06. The Hall–Kier alpha value is -0.880. The van der Waals surface area contributed by atoms with Gasteiger partial charge >= 0.3 is 0 Å². The largest absolute Gasteiger partial charge is 0.381 e. The van der Waals surface area contributed by atoms with Crippen molar-refractivity contribution in [3.05, 3.63) is 21.6 Å². The first-order valence-electron chi connectivity index (χ1n) is 5.94. The van der Waals surface area contributed by atoms with E-state index in [9.17, 15) is 9.00 Å². The van der Waals surface area contributed by atoms with E-state index in [4.69, 9.17) is 11.6 Å². The molecule has 0 bridgehead atoms. The van der Waals surface area contributed by atoms with Gasteiger partial charge in [0.2, 0.25) is 0 Å². The van der Waals surface area contributed by atoms with Crippen LogP contribution in [-0.4, -0.2) is 32.0 Å². The molecule has 1 unspecified atom stereocenters. The van der Waals surface area contributed by atoms with Crippen LogP contribution in [0, 0.1) is 0 Å². The third kappa shape index (κ3) is 4.10. The highest BCUT2D eigenvalue weighted by atomic mass is 35.5. The van der Waals surface area contributed by atoms with Crippen molar-refractivity contribution < 1.29 is 4.21 Å². The van der Waals surface area contributed by atoms with Crippen LogP contribution in [0.15, 0.2) is 11.0 Å². The van der Waals surface area contributed by atoms with Gasteiger partial charge in [-0.3, -0.25) is 9.00 Å². The number of aryl methyl sites for hydroxylation is 1. The predicted octanol–water partition coefficient (Wildman–Crippen LogP) is 1.49. The van der Waals surface area contributed by atoms with Crippen LogP contribution in [0.2, 0.25) is 5.02 Å². The fourth-order valence-corrected chi connectivity index (χ4v) is 2.23. The maximum atomic E-state index is 11.8. The molecule has 1 rings (SSSR count). The van der Waals surface area contributed by atoms with E-state index in [1.807, 2.05) is 13.8 Å². The molecule has 5 nitrogen and oxygen atoms in total. The Bertz CT molecular complexity index is 476. The van der Waals surface area contributed by atoms with E-state index in [0.29, 0.717) is 30.3 Å². The number of aromatic nitrogens is 2. The Morgan fingerprint density at radius 3 is 2.83 bits per heavy atom. The summed E-state index contributed by atoms with van der Waals surface area (Å²) >= 11 is 5.97. The lowest BCUT2D eigenvalue weighted by molar-refractivity contribution is 0.568. The highest BCUT2D eigenvalue weighted by Gasteiger charge is 2.08. The molecule has 0 aromatic carbocycles. The highest BCUT2D eigenvalue weighted by Crippen LogP contribution is 2.14. The molecular formula is C11H18ClN3O2S. The summed E-state index contributed by atoms with van der Waals surface area (Å²) in [5.74, 6) is 1.16. The minimum atomic E-state index is -0.829. The van der Waals surface area contributed by atoms with Crippen LogP contribution in [0.1, 0.15) is 20.3 Å². The molecule has 0 fully saturated rings. The van der Waals surface area contributed by atoms with Crippen LogP contribution < -0.4 is 10.9 Å². The molecule has 1 aromatic heterocycles. The van der Waals surface area contributed by atoms with Gasteiger partial charge in [-0.15, -0.1) is 0 Å². The van der Waals surface area contributed by atoms with Crippen molar-refractivity contribution in [1.29, 1.82) is 0 Å². The van der Waals surface area contributed by atoms with E-state index in [-0.39, 0.29) is 10.6 Å². The Balaban J connectivity index is 2.70. The Labute approximate surface area is 114 Å². The van der Waals surface area contributed by atoms with Crippen LogP contribution in [0.3, 0.4) is 0 Å². The van der Waals surface area contributed by atoms with Crippen molar-refractivity contribution in [3.63, 3.8) is 0 Å². The third-order valence-electron chi connectivity index (χ3n) is 2.39. The Morgan fingerprint density at radius 2 is 2.22 bits per heavy atom. The van der Waals surface area contributed by atoms with Gasteiger partial charge in [0.25, 0.3) is 5.56 Å². The molecule has 102 valence electrons. The molecule has 0 saturated heterocycles. The summed E-state index contributed by atoms with van der Waals surface area (Å²) in [6, 6.07) is 0. The fraction of sp³-hybridized carbons (Fsp3) is 0.636. The topological polar surface area (TPSA) is 64.0 Å². The number of hydrogen-bond acceptors (Lipinski definition) is 4. The number of nitrogens with one attached hydrogen (secondary N) is 1. The lowest BCUT2D eigenvalue weighted by Gasteiger charge is -2.09. The van der Waals surface area contributed by atoms with Gasteiger partial charge < -0.3 is 5.32 Å². The first-order chi connectivity index (χ1) is 8.60. The highest BCUT2D eigenvalue weighted by molar-refractivity contribution is 7.84. The molecule has 1 N–H and O–H groups in total. The molecule has 0 aliphatic heterocycles. The van der Waals surface area contributed by atoms with Crippen molar-refractivity contribution in [2.75, 3.05) is 23.4 Å². The summed E-state index contributed by atoms with van der Waals surface area (Å²) in [5.41, 5.74) is 0.210. The van der Waals surface area contributed by atoms with Crippen LogP contribution in [0.5, 0.6) is 0 Å². The molecule has 18 heavy (non-hydrogen) atoms. The zero-order valence-electron chi connectivity index (χ0n) is 10.6. The molecular weight excluding hydrogens is 274 g/mol. The normalized spacial score (nSPS) is 12.4. The van der Waals surface area contributed by atoms with Crippen LogP contribution in [-0.2, 0) is 17.3 Å². The molecule has 0 radical (unpaired) electrons. The van der Waals surface area contributed by atoms with Crippen LogP contribution in [0.25, 0.3) is 0 Å². The second-order valence-corrected chi connectivity index (χ2v) is 6.00. The van der Waals surface area contributed by atoms with Gasteiger partial charge in [0.05, 0.1) is 11.9 Å². The zero-order chi connectivity index (χ0) is 13.5. The maximum absolute atomic E-state index is 11.8. The quantitative estimate of drug-likeness (QED) is 0.827. The molecule has 0 aliphatic rings. The molecule has 1 aromatic rings. The van der Waals surface area contributed by atoms with Gasteiger partial charge in [-0.05, 0) is 6.42 Å². The second-order valence-electron chi connectivity index (χ2n) is 3.76. The lowest BCUT2D eigenvalue weighted by atomic mass is 10.4. The van der Waals surface area contributed by atoms with E-state index in [1.165, 1.54) is 10.9 Å². The molecule has 0 aliphatic carbocycles. The fourth-order valence-electron chi connectivity index (χ4n) is 1.40. The molecule has 1 atom stereocenters. The van der Waals surface area contributed by atoms with E-state index in [2.05, 4.69) is 10.4 Å². The second kappa shape index (κ2) is 7.53. The van der Waals surface area contributed by atoms with E-state index < -0.39 is 10.8 Å². The average Bonchev–Trinajstić information content (AvgIpc) is 2.37. The monoisotopic (exact) mass is 291 g/mol. The molecule has 0 amide bonds. The van der Waals surface area contributed by atoms with Gasteiger partial charge in [-0.1, -0.05) is 25.4 Å². The SMILES string of the molecule is CCCn1ncc(NCCS(=O)CC)c(Cl)c1=O. The predicted molar refractivity (Wildman–Crippen MR) is 75.8 cm³/mol. The van der Waals surface area contributed by atoms with Crippen molar-refractivity contribution in [1.82, 2.24) is 9.78 Å². The van der Waals surface area contributed by atoms with Gasteiger partial charge in [-0.25, -0.2) is 4.68 Å². The Kier molecular flexibility index (Phi) is 6.35. The summed E-state index contributed by atoms with van der Waals surface area (Å²) < 4.78 is 12.6. The number of nitrogens with zero attached hydrogens (tertiary/aromatic N) is 2. The van der Waals surface area contributed by atoms with Gasteiger partial charge in [-0.2, -0.15) is 5.10 Å². The van der Waals surface area contributed by atoms with Crippen molar-refractivity contribution in [3.8, 4) is 0 Å². The minimum Gasteiger partial charge on any atom is -0.381 e. The van der Waals surface area contributed by atoms with Crippen molar-refractivity contribution in [2.45, 2.75) is 26.8 Å². The summed E-state index contributed by atoms with van der Waals surface area (Å²) in [6.45, 7) is 4.91. The molecule has 0 saturated carbocycles. The first kappa shape index (κ1) is 15.2. The lowest BCUT2D eigenvalue weighted by Crippen LogP contribution is -2.24. The molecule has 0 spiro atoms. The van der Waals surface area contributed by atoms with Gasteiger partial charge in [0.15, 0.2) is 0 Å². The van der Waals surface area contributed by atoms with Crippen molar-refractivity contribution >= 4 is 28.1 Å².